The summed E-state index contributed by atoms with van der Waals surface area (Å²) in [5.41, 5.74) is 9.63. The quantitative estimate of drug-likeness (QED) is 0.144. The van der Waals surface area contributed by atoms with Gasteiger partial charge in [-0.3, -0.25) is 4.79 Å². The lowest BCUT2D eigenvalue weighted by atomic mass is 9.30. The molecular formula is C69H84O5. The number of aliphatic hydroxyl groups excluding tert-OH is 2. The largest absolute Gasteiger partial charge is 0.508 e. The molecule has 0 amide bonds. The second kappa shape index (κ2) is 17.8. The maximum atomic E-state index is 14.1. The van der Waals surface area contributed by atoms with E-state index < -0.39 is 24.1 Å². The number of aliphatic hydroxyl groups is 2. The Kier molecular flexibility index (Phi) is 11.8. The Hall–Kier alpha value is -4.45. The molecule has 0 radical (unpaired) electrons. The number of hydrogen-bond acceptors (Lipinski definition) is 4. The molecule has 0 unspecified atom stereocenters. The smallest absolute Gasteiger partial charge is 0.306 e. The number of allylic oxidation sites excluding steroid dienone is 7. The Morgan fingerprint density at radius 2 is 1.61 bits per heavy atom. The lowest BCUT2D eigenvalue weighted by Gasteiger charge is -2.73. The first kappa shape index (κ1) is 49.1. The molecule has 0 aromatic heterocycles. The molecule has 10 aliphatic carbocycles. The van der Waals surface area contributed by atoms with E-state index in [1.54, 1.807) is 23.3 Å². The molecule has 10 aliphatic rings. The summed E-state index contributed by atoms with van der Waals surface area (Å²) >= 11 is 0. The van der Waals surface area contributed by atoms with Crippen molar-refractivity contribution in [1.82, 2.24) is 0 Å². The molecule has 74 heavy (non-hydrogen) atoms. The van der Waals surface area contributed by atoms with Gasteiger partial charge in [-0.25, -0.2) is 0 Å². The predicted octanol–water partition coefficient (Wildman–Crippen LogP) is 14.0. The van der Waals surface area contributed by atoms with Gasteiger partial charge >= 0.3 is 5.97 Å². The van der Waals surface area contributed by atoms with Crippen molar-refractivity contribution in [2.24, 2.45) is 73.9 Å². The third-order valence-corrected chi connectivity index (χ3v) is 24.2. The summed E-state index contributed by atoms with van der Waals surface area (Å²) in [6.07, 6.45) is 32.7. The van der Waals surface area contributed by atoms with Crippen molar-refractivity contribution < 1.29 is 25.2 Å². The van der Waals surface area contributed by atoms with Gasteiger partial charge in [-0.15, -0.1) is 0 Å². The van der Waals surface area contributed by atoms with E-state index in [0.717, 1.165) is 56.1 Å². The molecule has 5 nitrogen and oxygen atoms in total. The van der Waals surface area contributed by atoms with Gasteiger partial charge in [-0.2, -0.15) is 0 Å². The SMILES string of the molecule is C=C(CC[C@@H](C(=O)O)[C@H]1[C@H](O)C[C@@]2([C@H]3CCC4(CCCC4)C3)C3=C(CC[C@]12C)[C@]12CC[C@H](O)[C@@]4(C)CC=C[C@@](C=C5C(Cc6cccc(-c7ccc(O)cc7)c6)=c6ccccc6=C[C@@H]51)(C3)[C@@H]42)[C@@H](C)C1CCCCC1. The van der Waals surface area contributed by atoms with Crippen LogP contribution >= 0.6 is 0 Å². The number of benzene rings is 3. The molecule has 5 saturated carbocycles. The molecule has 5 heteroatoms. The molecule has 3 aromatic rings. The van der Waals surface area contributed by atoms with E-state index in [1.165, 1.54) is 110 Å². The maximum Gasteiger partial charge on any atom is 0.306 e. The number of hydrogen-bond donors (Lipinski definition) is 4. The molecule has 390 valence electrons. The van der Waals surface area contributed by atoms with Crippen LogP contribution in [0.1, 0.15) is 161 Å². The monoisotopic (exact) mass is 993 g/mol. The molecule has 5 fully saturated rings. The van der Waals surface area contributed by atoms with Crippen LogP contribution in [0.4, 0.5) is 0 Å². The number of aliphatic carboxylic acids is 1. The first-order chi connectivity index (χ1) is 35.7. The summed E-state index contributed by atoms with van der Waals surface area (Å²) in [5.74, 6) is 0.327. The second-order valence-electron chi connectivity index (χ2n) is 27.3. The van der Waals surface area contributed by atoms with E-state index >= 15 is 0 Å². The van der Waals surface area contributed by atoms with Crippen LogP contribution in [0.15, 0.2) is 120 Å². The topological polar surface area (TPSA) is 98.0 Å². The Morgan fingerprint density at radius 1 is 0.824 bits per heavy atom. The van der Waals surface area contributed by atoms with E-state index in [2.05, 4.69) is 100 Å². The van der Waals surface area contributed by atoms with Gasteiger partial charge in [-0.05, 0) is 194 Å². The van der Waals surface area contributed by atoms with Gasteiger partial charge < -0.3 is 20.4 Å². The van der Waals surface area contributed by atoms with E-state index in [-0.39, 0.29) is 50.6 Å². The van der Waals surface area contributed by atoms with Crippen molar-refractivity contribution in [3.05, 3.63) is 136 Å². The molecule has 0 saturated heterocycles. The zero-order chi connectivity index (χ0) is 51.0. The van der Waals surface area contributed by atoms with Gasteiger partial charge in [0.05, 0.1) is 18.1 Å². The fourth-order valence-electron chi connectivity index (χ4n) is 21.1. The lowest BCUT2D eigenvalue weighted by molar-refractivity contribution is -0.163. The Labute approximate surface area is 441 Å². The zero-order valence-electron chi connectivity index (χ0n) is 44.9. The highest BCUT2D eigenvalue weighted by Gasteiger charge is 2.76. The molecule has 13 atom stereocenters. The number of aromatic hydroxyl groups is 1. The normalized spacial score (nSPS) is 38.2. The summed E-state index contributed by atoms with van der Waals surface area (Å²) < 4.78 is 0. The Balaban J connectivity index is 0.970. The van der Waals surface area contributed by atoms with Crippen LogP contribution in [0.5, 0.6) is 5.75 Å². The number of carboxylic acid groups (broad SMARTS) is 1. The van der Waals surface area contributed by atoms with Gasteiger partial charge in [0, 0.05) is 33.5 Å². The van der Waals surface area contributed by atoms with Gasteiger partial charge in [0.2, 0.25) is 0 Å². The standard InChI is InChI=1S/C69H84O5/c1-43(44(2)46-15-6-5-7-16-46)20-25-53(62(73)74)61-59(71)42-69(50-26-34-66(39-50)30-10-11-31-66)58-41-67-32-13-29-64(3)60(72)28-35-68(63(64)67,56(58)27-33-65(61,69)4)57-38-49-17-8-9-19-52(49)54(55(57)40-67)37-45-14-12-18-48(36-45)47-21-23-51(70)24-22-47/h8-9,12-14,17-19,21-24,32,36,38,40,44,46,50,53,57,59-61,63,70-72H,1,5-7,10-11,15-16,20,25-31,33-35,37,39,41-42H2,2-4H3,(H,73,74)/t44-,50+,53-,57+,59-,60+,61+,63-,64-,65-,67-,68-,69-/m1/s1. The number of carbonyl (C=O) groups is 1. The maximum absolute atomic E-state index is 14.1. The minimum atomic E-state index is -0.729. The second-order valence-corrected chi connectivity index (χ2v) is 27.3. The lowest BCUT2D eigenvalue weighted by Crippen LogP contribution is -2.68. The third kappa shape index (κ3) is 7.08. The minimum Gasteiger partial charge on any atom is -0.508 e. The van der Waals surface area contributed by atoms with Crippen LogP contribution in [-0.4, -0.2) is 38.6 Å². The first-order valence-corrected chi connectivity index (χ1v) is 29.7. The van der Waals surface area contributed by atoms with Crippen molar-refractivity contribution in [2.75, 3.05) is 0 Å². The predicted molar refractivity (Wildman–Crippen MR) is 297 cm³/mol. The molecule has 1 spiro atoms. The third-order valence-electron chi connectivity index (χ3n) is 24.2. The van der Waals surface area contributed by atoms with Crippen molar-refractivity contribution in [3.8, 4) is 16.9 Å². The Morgan fingerprint density at radius 3 is 2.39 bits per heavy atom. The van der Waals surface area contributed by atoms with Crippen molar-refractivity contribution in [2.45, 2.75) is 174 Å². The summed E-state index contributed by atoms with van der Waals surface area (Å²) in [5, 5.41) is 50.1. The Bertz CT molecular complexity index is 2980. The fourth-order valence-corrected chi connectivity index (χ4v) is 21.1. The molecular weight excluding hydrogens is 909 g/mol. The highest BCUT2D eigenvalue weighted by Crippen LogP contribution is 2.82. The number of carboxylic acids is 1. The summed E-state index contributed by atoms with van der Waals surface area (Å²) in [4.78, 5) is 14.1. The van der Waals surface area contributed by atoms with E-state index in [9.17, 15) is 25.2 Å². The van der Waals surface area contributed by atoms with Crippen molar-refractivity contribution >= 4 is 17.6 Å². The highest BCUT2D eigenvalue weighted by atomic mass is 16.4. The van der Waals surface area contributed by atoms with Crippen molar-refractivity contribution in [1.29, 1.82) is 0 Å². The van der Waals surface area contributed by atoms with Gasteiger partial charge in [0.25, 0.3) is 0 Å². The van der Waals surface area contributed by atoms with E-state index in [4.69, 9.17) is 0 Å². The molecule has 0 aliphatic heterocycles. The summed E-state index contributed by atoms with van der Waals surface area (Å²) in [6.45, 7) is 12.0. The molecule has 3 aromatic carbocycles. The summed E-state index contributed by atoms with van der Waals surface area (Å²) in [7, 11) is 0. The molecule has 4 N–H and O–H groups in total. The first-order valence-electron chi connectivity index (χ1n) is 29.7. The van der Waals surface area contributed by atoms with Crippen LogP contribution in [0.25, 0.3) is 22.8 Å². The number of fused-ring (bicyclic) bond motifs is 4. The number of phenols is 1. The van der Waals surface area contributed by atoms with Crippen LogP contribution in [0, 0.1) is 73.9 Å². The average molecular weight is 993 g/mol. The molecule has 0 heterocycles. The molecule has 2 bridgehead atoms. The fraction of sp³-hybridized carbons (Fsp3) is 0.580. The minimum absolute atomic E-state index is 0.117. The van der Waals surface area contributed by atoms with Crippen LogP contribution < -0.4 is 10.4 Å². The molecule has 13 rings (SSSR count). The average Bonchev–Trinajstić information content (AvgIpc) is 4.20. The zero-order valence-corrected chi connectivity index (χ0v) is 44.9. The van der Waals surface area contributed by atoms with Crippen LogP contribution in [-0.2, 0) is 11.2 Å². The number of phenolic OH excluding ortho intramolecular Hbond substituents is 1. The van der Waals surface area contributed by atoms with E-state index in [1.807, 2.05) is 12.1 Å². The summed E-state index contributed by atoms with van der Waals surface area (Å²) in [6, 6.07) is 25.7. The van der Waals surface area contributed by atoms with Gasteiger partial charge in [0.15, 0.2) is 0 Å². The van der Waals surface area contributed by atoms with E-state index in [0.29, 0.717) is 42.4 Å². The highest BCUT2D eigenvalue weighted by molar-refractivity contribution is 5.77. The van der Waals surface area contributed by atoms with Gasteiger partial charge in [-0.1, -0.05) is 161 Å². The van der Waals surface area contributed by atoms with Crippen molar-refractivity contribution in [3.63, 3.8) is 0 Å². The number of rotatable bonds is 11. The van der Waals surface area contributed by atoms with Gasteiger partial charge in [0.1, 0.15) is 5.75 Å². The van der Waals surface area contributed by atoms with Crippen LogP contribution in [0.3, 0.4) is 0 Å². The van der Waals surface area contributed by atoms with Crippen LogP contribution in [0.2, 0.25) is 0 Å².